The Bertz CT molecular complexity index is 1050. The van der Waals surface area contributed by atoms with E-state index in [1.54, 1.807) is 12.1 Å². The summed E-state index contributed by atoms with van der Waals surface area (Å²) in [5.74, 6) is 1.57. The van der Waals surface area contributed by atoms with Gasteiger partial charge in [-0.2, -0.15) is 5.26 Å². The van der Waals surface area contributed by atoms with Crippen molar-refractivity contribution in [3.63, 3.8) is 0 Å². The predicted molar refractivity (Wildman–Crippen MR) is 121 cm³/mol. The number of halogens is 1. The minimum atomic E-state index is -0.407. The maximum atomic E-state index is 10.9. The number of nitro groups is 1. The van der Waals surface area contributed by atoms with Gasteiger partial charge in [-0.3, -0.25) is 10.1 Å². The Morgan fingerprint density at radius 2 is 2.03 bits per heavy atom. The average molecular weight is 489 g/mol. The van der Waals surface area contributed by atoms with E-state index < -0.39 is 4.92 Å². The molecule has 0 amide bonds. The number of nitrogens with zero attached hydrogens (tertiary/aromatic N) is 6. The summed E-state index contributed by atoms with van der Waals surface area (Å²) >= 11 is 1.48. The van der Waals surface area contributed by atoms with Crippen LogP contribution in [0, 0.1) is 21.4 Å². The molecule has 2 aliphatic rings. The first-order valence-corrected chi connectivity index (χ1v) is 10.5. The number of aromatic nitrogens is 3. The zero-order valence-corrected chi connectivity index (χ0v) is 19.0. The Labute approximate surface area is 189 Å². The van der Waals surface area contributed by atoms with E-state index in [0.29, 0.717) is 17.9 Å². The quantitative estimate of drug-likeness (QED) is 0.347. The summed E-state index contributed by atoms with van der Waals surface area (Å²) in [6.45, 7) is 3.51. The molecule has 0 unspecified atom stereocenters. The summed E-state index contributed by atoms with van der Waals surface area (Å²) in [6.07, 6.45) is 4.20. The van der Waals surface area contributed by atoms with Crippen LogP contribution in [0.3, 0.4) is 0 Å². The molecule has 0 N–H and O–H groups in total. The highest BCUT2D eigenvalue weighted by atomic mass is 79.9. The molecule has 0 saturated carbocycles. The molecular weight excluding hydrogens is 468 g/mol. The maximum Gasteiger partial charge on any atom is 0.269 e. The Morgan fingerprint density at radius 1 is 1.27 bits per heavy atom. The lowest BCUT2D eigenvalue weighted by molar-refractivity contribution is -0.384. The number of allylic oxidation sites excluding steroid dienone is 1. The van der Waals surface area contributed by atoms with Crippen LogP contribution >= 0.6 is 28.7 Å². The molecule has 0 aliphatic carbocycles. The van der Waals surface area contributed by atoms with Crippen LogP contribution in [0.15, 0.2) is 34.7 Å². The van der Waals surface area contributed by atoms with Crippen molar-refractivity contribution in [3.8, 4) is 6.07 Å². The molecule has 0 saturated heterocycles. The van der Waals surface area contributed by atoms with Crippen molar-refractivity contribution < 1.29 is 4.92 Å². The molecule has 1 aromatic carbocycles. The van der Waals surface area contributed by atoms with Crippen molar-refractivity contribution in [3.05, 3.63) is 62.0 Å². The zero-order valence-electron chi connectivity index (χ0n) is 16.4. The SMILES string of the molecule is Br.CCN1C(c2ccc([N+](=O)[O-])cc2)=CS/C1=C(\C#N)c1nnc2n1CCCCC2. The molecule has 8 nitrogen and oxygen atoms in total. The molecule has 4 rings (SSSR count). The third kappa shape index (κ3) is 4.00. The van der Waals surface area contributed by atoms with Gasteiger partial charge >= 0.3 is 0 Å². The normalized spacial score (nSPS) is 17.3. The Morgan fingerprint density at radius 3 is 2.70 bits per heavy atom. The number of non-ortho nitro benzene ring substituents is 1. The molecule has 0 bridgehead atoms. The van der Waals surface area contributed by atoms with E-state index in [0.717, 1.165) is 54.3 Å². The first kappa shape index (κ1) is 22.1. The Kier molecular flexibility index (Phi) is 6.95. The van der Waals surface area contributed by atoms with E-state index in [2.05, 4.69) is 25.7 Å². The number of nitriles is 1. The lowest BCUT2D eigenvalue weighted by atomic mass is 10.1. The van der Waals surface area contributed by atoms with Crippen LogP contribution in [0.25, 0.3) is 11.3 Å². The highest BCUT2D eigenvalue weighted by molar-refractivity contribution is 8.93. The second kappa shape index (κ2) is 9.45. The van der Waals surface area contributed by atoms with Gasteiger partial charge in [0.1, 0.15) is 22.5 Å². The van der Waals surface area contributed by atoms with E-state index in [9.17, 15) is 15.4 Å². The van der Waals surface area contributed by atoms with Crippen LogP contribution in [-0.4, -0.2) is 31.1 Å². The first-order chi connectivity index (χ1) is 14.1. The molecule has 1 aromatic heterocycles. The molecule has 156 valence electrons. The summed E-state index contributed by atoms with van der Waals surface area (Å²) in [7, 11) is 0. The van der Waals surface area contributed by atoms with E-state index in [1.165, 1.54) is 23.9 Å². The van der Waals surface area contributed by atoms with Gasteiger partial charge in [0.05, 0.1) is 10.6 Å². The number of aryl methyl sites for hydroxylation is 1. The van der Waals surface area contributed by atoms with Gasteiger partial charge < -0.3 is 9.47 Å². The molecule has 0 spiro atoms. The average Bonchev–Trinajstić information content (AvgIpc) is 3.26. The van der Waals surface area contributed by atoms with E-state index in [1.807, 2.05) is 12.3 Å². The summed E-state index contributed by atoms with van der Waals surface area (Å²) in [5, 5.41) is 32.4. The second-order valence-corrected chi connectivity index (χ2v) is 7.72. The Hall–Kier alpha value is -2.64. The number of nitro benzene ring substituents is 1. The van der Waals surface area contributed by atoms with Crippen molar-refractivity contribution in [1.82, 2.24) is 19.7 Å². The summed E-state index contributed by atoms with van der Waals surface area (Å²) in [6, 6.07) is 8.83. The van der Waals surface area contributed by atoms with Gasteiger partial charge in [-0.15, -0.1) is 27.2 Å². The minimum absolute atomic E-state index is 0. The smallest absolute Gasteiger partial charge is 0.269 e. The van der Waals surface area contributed by atoms with Crippen LogP contribution in [0.5, 0.6) is 0 Å². The van der Waals surface area contributed by atoms with Gasteiger partial charge in [-0.1, -0.05) is 18.2 Å². The fraction of sp³-hybridized carbons (Fsp3) is 0.350. The van der Waals surface area contributed by atoms with Crippen LogP contribution < -0.4 is 0 Å². The van der Waals surface area contributed by atoms with Gasteiger partial charge in [0.2, 0.25) is 0 Å². The van der Waals surface area contributed by atoms with Crippen molar-refractivity contribution in [1.29, 1.82) is 5.26 Å². The lowest BCUT2D eigenvalue weighted by Crippen LogP contribution is -2.18. The van der Waals surface area contributed by atoms with Gasteiger partial charge in [-0.05, 0) is 37.5 Å². The topological polar surface area (TPSA) is 101 Å². The van der Waals surface area contributed by atoms with Crippen LogP contribution in [0.1, 0.15) is 43.4 Å². The molecule has 0 atom stereocenters. The number of benzene rings is 1. The molecule has 0 radical (unpaired) electrons. The largest absolute Gasteiger partial charge is 0.334 e. The predicted octanol–water partition coefficient (Wildman–Crippen LogP) is 4.75. The summed E-state index contributed by atoms with van der Waals surface area (Å²) < 4.78 is 2.08. The Balaban J connectivity index is 0.00000256. The third-order valence-corrected chi connectivity index (χ3v) is 6.16. The molecule has 10 heteroatoms. The van der Waals surface area contributed by atoms with Crippen LogP contribution in [0.2, 0.25) is 0 Å². The standard InChI is InChI=1S/C20H20N6O2S.BrH/c1-2-24-17(14-7-9-15(10-8-14)26(27)28)13-29-20(24)16(12-21)19-23-22-18-6-4-3-5-11-25(18)19;/h7-10,13H,2-6,11H2,1H3;1H/b20-16+;. The van der Waals surface area contributed by atoms with Crippen molar-refractivity contribution >= 4 is 45.7 Å². The van der Waals surface area contributed by atoms with Crippen LogP contribution in [0.4, 0.5) is 5.69 Å². The van der Waals surface area contributed by atoms with Gasteiger partial charge in [0.25, 0.3) is 5.69 Å². The van der Waals surface area contributed by atoms with Gasteiger partial charge in [-0.25, -0.2) is 0 Å². The van der Waals surface area contributed by atoms with Crippen molar-refractivity contribution in [2.24, 2.45) is 0 Å². The molecule has 0 fully saturated rings. The zero-order chi connectivity index (χ0) is 20.4. The second-order valence-electron chi connectivity index (χ2n) is 6.86. The van der Waals surface area contributed by atoms with E-state index in [-0.39, 0.29) is 22.7 Å². The van der Waals surface area contributed by atoms with Crippen LogP contribution in [-0.2, 0) is 13.0 Å². The fourth-order valence-electron chi connectivity index (χ4n) is 3.70. The summed E-state index contributed by atoms with van der Waals surface area (Å²) in [4.78, 5) is 12.6. The monoisotopic (exact) mass is 488 g/mol. The number of rotatable bonds is 4. The van der Waals surface area contributed by atoms with E-state index >= 15 is 0 Å². The number of hydrogen-bond donors (Lipinski definition) is 0. The highest BCUT2D eigenvalue weighted by Crippen LogP contribution is 2.43. The van der Waals surface area contributed by atoms with Crippen molar-refractivity contribution in [2.75, 3.05) is 6.54 Å². The molecule has 2 aliphatic heterocycles. The third-order valence-electron chi connectivity index (χ3n) is 5.17. The van der Waals surface area contributed by atoms with Crippen molar-refractivity contribution in [2.45, 2.75) is 39.2 Å². The highest BCUT2D eigenvalue weighted by Gasteiger charge is 2.28. The maximum absolute atomic E-state index is 10.9. The number of thioether (sulfide) groups is 1. The summed E-state index contributed by atoms with van der Waals surface area (Å²) in [5.41, 5.74) is 2.37. The first-order valence-electron chi connectivity index (χ1n) is 9.60. The molecular formula is C20H21BrN6O2S. The molecule has 30 heavy (non-hydrogen) atoms. The number of fused-ring (bicyclic) bond motifs is 1. The fourth-order valence-corrected chi connectivity index (χ4v) is 4.79. The minimum Gasteiger partial charge on any atom is -0.334 e. The van der Waals surface area contributed by atoms with Gasteiger partial charge in [0.15, 0.2) is 5.82 Å². The van der Waals surface area contributed by atoms with Gasteiger partial charge in [0, 0.05) is 37.1 Å². The lowest BCUT2D eigenvalue weighted by Gasteiger charge is -2.22. The van der Waals surface area contributed by atoms with E-state index in [4.69, 9.17) is 0 Å². The number of hydrogen-bond acceptors (Lipinski definition) is 7. The molecule has 3 heterocycles. The molecule has 2 aromatic rings.